The number of hydrogen-bond acceptors (Lipinski definition) is 4. The van der Waals surface area contributed by atoms with E-state index in [-0.39, 0.29) is 17.8 Å². The highest BCUT2D eigenvalue weighted by Crippen LogP contribution is 2.21. The van der Waals surface area contributed by atoms with Gasteiger partial charge < -0.3 is 10.4 Å². The maximum atomic E-state index is 13.9. The van der Waals surface area contributed by atoms with Gasteiger partial charge in [-0.05, 0) is 25.3 Å². The number of nitro groups is 1. The molecule has 116 valence electrons. The fourth-order valence-electron chi connectivity index (χ4n) is 1.86. The zero-order chi connectivity index (χ0) is 16.2. The van der Waals surface area contributed by atoms with Crippen LogP contribution < -0.4 is 5.32 Å². The SMILES string of the molecule is CCC(O)(CC)CNC(=O)c1cc([N+](=O)[O-])cc(C)c1F. The lowest BCUT2D eigenvalue weighted by Gasteiger charge is -2.25. The van der Waals surface area contributed by atoms with Crippen molar-refractivity contribution in [2.24, 2.45) is 0 Å². The van der Waals surface area contributed by atoms with Gasteiger partial charge in [0.25, 0.3) is 11.6 Å². The molecule has 0 saturated heterocycles. The Labute approximate surface area is 122 Å². The highest BCUT2D eigenvalue weighted by atomic mass is 19.1. The van der Waals surface area contributed by atoms with Gasteiger partial charge in [0.1, 0.15) is 5.82 Å². The molecular formula is C14H19FN2O4. The second-order valence-corrected chi connectivity index (χ2v) is 5.00. The van der Waals surface area contributed by atoms with Crippen LogP contribution in [0.3, 0.4) is 0 Å². The lowest BCUT2D eigenvalue weighted by molar-refractivity contribution is -0.385. The van der Waals surface area contributed by atoms with E-state index >= 15 is 0 Å². The lowest BCUT2D eigenvalue weighted by Crippen LogP contribution is -2.42. The van der Waals surface area contributed by atoms with Gasteiger partial charge in [0.15, 0.2) is 0 Å². The van der Waals surface area contributed by atoms with E-state index in [0.717, 1.165) is 12.1 Å². The summed E-state index contributed by atoms with van der Waals surface area (Å²) in [4.78, 5) is 22.1. The van der Waals surface area contributed by atoms with E-state index in [2.05, 4.69) is 5.32 Å². The van der Waals surface area contributed by atoms with Crippen LogP contribution in [0.2, 0.25) is 0 Å². The number of aliphatic hydroxyl groups is 1. The van der Waals surface area contributed by atoms with E-state index in [4.69, 9.17) is 0 Å². The summed E-state index contributed by atoms with van der Waals surface area (Å²) in [5.41, 5.74) is -1.78. The van der Waals surface area contributed by atoms with E-state index in [1.807, 2.05) is 0 Å². The molecule has 0 unspecified atom stereocenters. The Hall–Kier alpha value is -2.02. The fraction of sp³-hybridized carbons (Fsp3) is 0.500. The molecule has 0 saturated carbocycles. The molecule has 1 rings (SSSR count). The Bertz CT molecular complexity index is 556. The Morgan fingerprint density at radius 1 is 1.43 bits per heavy atom. The van der Waals surface area contributed by atoms with E-state index in [0.29, 0.717) is 12.8 Å². The lowest BCUT2D eigenvalue weighted by atomic mass is 9.97. The monoisotopic (exact) mass is 298 g/mol. The molecule has 0 radical (unpaired) electrons. The molecule has 0 fully saturated rings. The first-order valence-electron chi connectivity index (χ1n) is 6.69. The van der Waals surface area contributed by atoms with Gasteiger partial charge in [-0.2, -0.15) is 0 Å². The Balaban J connectivity index is 3.00. The van der Waals surface area contributed by atoms with Crippen LogP contribution in [0.15, 0.2) is 12.1 Å². The van der Waals surface area contributed by atoms with Crippen molar-refractivity contribution < 1.29 is 19.2 Å². The van der Waals surface area contributed by atoms with E-state index in [1.165, 1.54) is 6.92 Å². The minimum atomic E-state index is -1.07. The Morgan fingerprint density at radius 2 is 2.00 bits per heavy atom. The van der Waals surface area contributed by atoms with Gasteiger partial charge in [0.2, 0.25) is 0 Å². The summed E-state index contributed by atoms with van der Waals surface area (Å²) in [5, 5.41) is 23.3. The van der Waals surface area contributed by atoms with Crippen molar-refractivity contribution in [2.75, 3.05) is 6.54 Å². The number of nitrogens with zero attached hydrogens (tertiary/aromatic N) is 1. The van der Waals surface area contributed by atoms with Crippen molar-refractivity contribution in [1.29, 1.82) is 0 Å². The number of rotatable bonds is 6. The third-order valence-electron chi connectivity index (χ3n) is 3.59. The number of carbonyl (C=O) groups excluding carboxylic acids is 1. The van der Waals surface area contributed by atoms with Crippen LogP contribution in [0, 0.1) is 22.9 Å². The van der Waals surface area contributed by atoms with E-state index in [1.54, 1.807) is 13.8 Å². The summed E-state index contributed by atoms with van der Waals surface area (Å²) in [7, 11) is 0. The van der Waals surface area contributed by atoms with Crippen molar-refractivity contribution in [3.05, 3.63) is 39.2 Å². The van der Waals surface area contributed by atoms with Gasteiger partial charge in [-0.15, -0.1) is 0 Å². The number of amides is 1. The van der Waals surface area contributed by atoms with Crippen LogP contribution in [-0.2, 0) is 0 Å². The van der Waals surface area contributed by atoms with Crippen LogP contribution in [0.5, 0.6) is 0 Å². The van der Waals surface area contributed by atoms with Crippen molar-refractivity contribution in [1.82, 2.24) is 5.32 Å². The molecule has 0 bridgehead atoms. The number of non-ortho nitro benzene ring substituents is 1. The quantitative estimate of drug-likeness (QED) is 0.622. The predicted molar refractivity (Wildman–Crippen MR) is 75.7 cm³/mol. The topological polar surface area (TPSA) is 92.5 Å². The van der Waals surface area contributed by atoms with Crippen LogP contribution in [0.4, 0.5) is 10.1 Å². The van der Waals surface area contributed by atoms with Gasteiger partial charge in [0, 0.05) is 18.7 Å². The molecule has 0 spiro atoms. The maximum Gasteiger partial charge on any atom is 0.270 e. The molecular weight excluding hydrogens is 279 g/mol. The minimum absolute atomic E-state index is 0.0237. The van der Waals surface area contributed by atoms with Gasteiger partial charge in [0.05, 0.1) is 16.1 Å². The minimum Gasteiger partial charge on any atom is -0.388 e. The first-order valence-corrected chi connectivity index (χ1v) is 6.69. The van der Waals surface area contributed by atoms with Gasteiger partial charge in [-0.25, -0.2) is 4.39 Å². The molecule has 1 amide bonds. The predicted octanol–water partition coefficient (Wildman–Crippen LogP) is 2.32. The summed E-state index contributed by atoms with van der Waals surface area (Å²) in [6, 6.07) is 1.97. The van der Waals surface area contributed by atoms with Crippen molar-refractivity contribution in [2.45, 2.75) is 39.2 Å². The third kappa shape index (κ3) is 3.98. The maximum absolute atomic E-state index is 13.9. The molecule has 2 N–H and O–H groups in total. The van der Waals surface area contributed by atoms with Gasteiger partial charge in [-0.3, -0.25) is 14.9 Å². The molecule has 1 aromatic rings. The molecule has 0 aliphatic heterocycles. The number of benzene rings is 1. The van der Waals surface area contributed by atoms with E-state index < -0.39 is 27.8 Å². The second kappa shape index (κ2) is 6.62. The molecule has 0 atom stereocenters. The highest BCUT2D eigenvalue weighted by molar-refractivity contribution is 5.95. The average Bonchev–Trinajstić information content (AvgIpc) is 2.46. The molecule has 7 heteroatoms. The third-order valence-corrected chi connectivity index (χ3v) is 3.59. The summed E-state index contributed by atoms with van der Waals surface area (Å²) < 4.78 is 13.9. The number of nitro benzene ring substituents is 1. The molecule has 6 nitrogen and oxygen atoms in total. The summed E-state index contributed by atoms with van der Waals surface area (Å²) in [6.07, 6.45) is 0.862. The van der Waals surface area contributed by atoms with E-state index in [9.17, 15) is 24.4 Å². The number of aryl methyl sites for hydroxylation is 1. The normalized spacial score (nSPS) is 11.3. The first kappa shape index (κ1) is 17.0. The average molecular weight is 298 g/mol. The Morgan fingerprint density at radius 3 is 2.48 bits per heavy atom. The van der Waals surface area contributed by atoms with Crippen molar-refractivity contribution in [3.8, 4) is 0 Å². The zero-order valence-corrected chi connectivity index (χ0v) is 12.3. The molecule has 21 heavy (non-hydrogen) atoms. The summed E-state index contributed by atoms with van der Waals surface area (Å²) in [5.74, 6) is -1.57. The highest BCUT2D eigenvalue weighted by Gasteiger charge is 2.25. The van der Waals surface area contributed by atoms with Gasteiger partial charge >= 0.3 is 0 Å². The Kier molecular flexibility index (Phi) is 5.37. The number of hydrogen-bond donors (Lipinski definition) is 2. The summed E-state index contributed by atoms with van der Waals surface area (Å²) >= 11 is 0. The molecule has 0 aliphatic rings. The largest absolute Gasteiger partial charge is 0.388 e. The van der Waals surface area contributed by atoms with Crippen LogP contribution in [-0.4, -0.2) is 28.1 Å². The van der Waals surface area contributed by atoms with Gasteiger partial charge in [-0.1, -0.05) is 13.8 Å². The standard InChI is InChI=1S/C14H19FN2O4/c1-4-14(19,5-2)8-16-13(18)11-7-10(17(20)21)6-9(3)12(11)15/h6-7,19H,4-5,8H2,1-3H3,(H,16,18). The molecule has 1 aromatic carbocycles. The molecule has 0 heterocycles. The fourth-order valence-corrected chi connectivity index (χ4v) is 1.86. The van der Waals surface area contributed by atoms with Crippen LogP contribution >= 0.6 is 0 Å². The first-order chi connectivity index (χ1) is 9.74. The number of halogens is 1. The van der Waals surface area contributed by atoms with Crippen molar-refractivity contribution >= 4 is 11.6 Å². The smallest absolute Gasteiger partial charge is 0.270 e. The molecule has 0 aliphatic carbocycles. The summed E-state index contributed by atoms with van der Waals surface area (Å²) in [6.45, 7) is 4.86. The van der Waals surface area contributed by atoms with Crippen molar-refractivity contribution in [3.63, 3.8) is 0 Å². The second-order valence-electron chi connectivity index (χ2n) is 5.00. The number of nitrogens with one attached hydrogen (secondary N) is 1. The van der Waals surface area contributed by atoms with Crippen LogP contribution in [0.25, 0.3) is 0 Å². The number of carbonyl (C=O) groups is 1. The molecule has 0 aromatic heterocycles. The zero-order valence-electron chi connectivity index (χ0n) is 12.3. The van der Waals surface area contributed by atoms with Crippen LogP contribution in [0.1, 0.15) is 42.6 Å².